The number of carbonyl (C=O) groups excluding carboxylic acids is 1. The minimum Gasteiger partial charge on any atom is -0.328 e. The van der Waals surface area contributed by atoms with Gasteiger partial charge in [-0.25, -0.2) is 0 Å². The number of carbonyl (C=O) groups is 1. The summed E-state index contributed by atoms with van der Waals surface area (Å²) < 4.78 is 0. The molecule has 82 valence electrons. The maximum absolute atomic E-state index is 11.8. The van der Waals surface area contributed by atoms with Crippen molar-refractivity contribution in [1.29, 1.82) is 0 Å². The Morgan fingerprint density at radius 2 is 2.20 bits per heavy atom. The van der Waals surface area contributed by atoms with Crippen LogP contribution in [0.4, 0.5) is 5.69 Å². The van der Waals surface area contributed by atoms with E-state index in [1.165, 1.54) is 0 Å². The molecule has 0 radical (unpaired) electrons. The van der Waals surface area contributed by atoms with Crippen LogP contribution in [0.1, 0.15) is 25.7 Å². The molecule has 5 nitrogen and oxygen atoms in total. The zero-order valence-corrected chi connectivity index (χ0v) is 8.57. The summed E-state index contributed by atoms with van der Waals surface area (Å²) in [4.78, 5) is 11.8. The number of rotatable bonds is 2. The van der Waals surface area contributed by atoms with Crippen molar-refractivity contribution in [3.05, 3.63) is 12.4 Å². The van der Waals surface area contributed by atoms with Gasteiger partial charge in [-0.15, -0.1) is 0 Å². The van der Waals surface area contributed by atoms with Gasteiger partial charge in [-0.05, 0) is 25.7 Å². The predicted octanol–water partition coefficient (Wildman–Crippen LogP) is 0.866. The van der Waals surface area contributed by atoms with E-state index < -0.39 is 0 Å². The van der Waals surface area contributed by atoms with Crippen molar-refractivity contribution in [2.75, 3.05) is 5.32 Å². The summed E-state index contributed by atoms with van der Waals surface area (Å²) in [6, 6.07) is 0.281. The maximum Gasteiger partial charge on any atom is 0.227 e. The molecule has 1 fully saturated rings. The lowest BCUT2D eigenvalue weighted by molar-refractivity contribution is -0.120. The number of anilines is 1. The second-order valence-electron chi connectivity index (χ2n) is 4.09. The zero-order chi connectivity index (χ0) is 10.7. The van der Waals surface area contributed by atoms with E-state index in [1.54, 1.807) is 12.4 Å². The Labute approximate surface area is 88.4 Å². The van der Waals surface area contributed by atoms with Crippen LogP contribution in [-0.2, 0) is 4.79 Å². The minimum absolute atomic E-state index is 0.0864. The lowest BCUT2D eigenvalue weighted by Gasteiger charge is -2.24. The molecule has 0 saturated heterocycles. The van der Waals surface area contributed by atoms with Crippen LogP contribution in [0, 0.1) is 5.92 Å². The van der Waals surface area contributed by atoms with E-state index in [0.717, 1.165) is 31.4 Å². The number of aromatic amines is 1. The molecule has 0 aromatic carbocycles. The molecule has 1 heterocycles. The standard InChI is InChI=1S/C10H16N4O/c11-8-3-1-7(2-4-8)10(15)14-9-5-12-13-6-9/h5-8H,1-4,11H2,(H,12,13)(H,14,15). The molecule has 1 aliphatic carbocycles. The molecule has 4 N–H and O–H groups in total. The number of nitrogens with two attached hydrogens (primary N) is 1. The molecule has 1 amide bonds. The molecular formula is C10H16N4O. The summed E-state index contributed by atoms with van der Waals surface area (Å²) in [6.07, 6.45) is 6.96. The van der Waals surface area contributed by atoms with Crippen molar-refractivity contribution in [1.82, 2.24) is 10.2 Å². The lowest BCUT2D eigenvalue weighted by Crippen LogP contribution is -2.32. The fraction of sp³-hybridized carbons (Fsp3) is 0.600. The topological polar surface area (TPSA) is 83.8 Å². The van der Waals surface area contributed by atoms with Gasteiger partial charge in [0.1, 0.15) is 0 Å². The monoisotopic (exact) mass is 208 g/mol. The quantitative estimate of drug-likeness (QED) is 0.674. The first-order chi connectivity index (χ1) is 7.25. The molecule has 1 aromatic rings. The van der Waals surface area contributed by atoms with Gasteiger partial charge in [0, 0.05) is 18.2 Å². The van der Waals surface area contributed by atoms with E-state index in [-0.39, 0.29) is 17.9 Å². The summed E-state index contributed by atoms with van der Waals surface area (Å²) in [7, 11) is 0. The van der Waals surface area contributed by atoms with E-state index >= 15 is 0 Å². The molecule has 0 atom stereocenters. The maximum atomic E-state index is 11.8. The molecule has 1 aromatic heterocycles. The third-order valence-corrected chi connectivity index (χ3v) is 2.91. The third-order valence-electron chi connectivity index (χ3n) is 2.91. The van der Waals surface area contributed by atoms with Crippen LogP contribution >= 0.6 is 0 Å². The Morgan fingerprint density at radius 3 is 2.80 bits per heavy atom. The summed E-state index contributed by atoms with van der Waals surface area (Å²) in [5.74, 6) is 0.197. The number of nitrogens with zero attached hydrogens (tertiary/aromatic N) is 1. The first-order valence-electron chi connectivity index (χ1n) is 5.31. The summed E-state index contributed by atoms with van der Waals surface area (Å²) in [5.41, 5.74) is 6.52. The van der Waals surface area contributed by atoms with Gasteiger partial charge in [0.05, 0.1) is 11.9 Å². The molecule has 15 heavy (non-hydrogen) atoms. The van der Waals surface area contributed by atoms with Crippen LogP contribution in [0.3, 0.4) is 0 Å². The second-order valence-corrected chi connectivity index (χ2v) is 4.09. The molecular weight excluding hydrogens is 192 g/mol. The molecule has 2 rings (SSSR count). The van der Waals surface area contributed by atoms with Crippen LogP contribution in [0.2, 0.25) is 0 Å². The first kappa shape index (κ1) is 10.2. The van der Waals surface area contributed by atoms with Crippen LogP contribution in [-0.4, -0.2) is 22.1 Å². The Kier molecular flexibility index (Phi) is 3.01. The van der Waals surface area contributed by atoms with Gasteiger partial charge in [0.25, 0.3) is 0 Å². The Morgan fingerprint density at radius 1 is 1.47 bits per heavy atom. The Hall–Kier alpha value is -1.36. The van der Waals surface area contributed by atoms with Crippen LogP contribution in [0.15, 0.2) is 12.4 Å². The van der Waals surface area contributed by atoms with Crippen LogP contribution < -0.4 is 11.1 Å². The highest BCUT2D eigenvalue weighted by atomic mass is 16.1. The summed E-state index contributed by atoms with van der Waals surface area (Å²) in [6.45, 7) is 0. The van der Waals surface area contributed by atoms with Crippen molar-refractivity contribution in [3.8, 4) is 0 Å². The number of hydrogen-bond donors (Lipinski definition) is 3. The number of amides is 1. The third kappa shape index (κ3) is 2.56. The van der Waals surface area contributed by atoms with Crippen LogP contribution in [0.5, 0.6) is 0 Å². The average molecular weight is 208 g/mol. The lowest BCUT2D eigenvalue weighted by atomic mass is 9.86. The van der Waals surface area contributed by atoms with Gasteiger partial charge >= 0.3 is 0 Å². The van der Waals surface area contributed by atoms with Crippen molar-refractivity contribution in [2.24, 2.45) is 11.7 Å². The average Bonchev–Trinajstić information content (AvgIpc) is 2.71. The largest absolute Gasteiger partial charge is 0.328 e. The van der Waals surface area contributed by atoms with Gasteiger partial charge in [-0.1, -0.05) is 0 Å². The van der Waals surface area contributed by atoms with Gasteiger partial charge in [0.2, 0.25) is 5.91 Å². The van der Waals surface area contributed by atoms with Crippen molar-refractivity contribution < 1.29 is 4.79 Å². The Balaban J connectivity index is 1.86. The zero-order valence-electron chi connectivity index (χ0n) is 8.57. The molecule has 1 aliphatic rings. The molecule has 0 unspecified atom stereocenters. The second kappa shape index (κ2) is 4.44. The number of nitrogens with one attached hydrogen (secondary N) is 2. The van der Waals surface area contributed by atoms with Gasteiger partial charge < -0.3 is 11.1 Å². The fourth-order valence-corrected chi connectivity index (χ4v) is 1.94. The van der Waals surface area contributed by atoms with Crippen molar-refractivity contribution in [3.63, 3.8) is 0 Å². The normalized spacial score (nSPS) is 26.2. The van der Waals surface area contributed by atoms with Crippen molar-refractivity contribution >= 4 is 11.6 Å². The van der Waals surface area contributed by atoms with E-state index in [0.29, 0.717) is 0 Å². The smallest absolute Gasteiger partial charge is 0.227 e. The SMILES string of the molecule is NC1CCC(C(=O)Nc2cn[nH]c2)CC1. The number of aromatic nitrogens is 2. The fourth-order valence-electron chi connectivity index (χ4n) is 1.94. The van der Waals surface area contributed by atoms with Gasteiger partial charge in [-0.2, -0.15) is 5.10 Å². The molecule has 0 bridgehead atoms. The summed E-state index contributed by atoms with van der Waals surface area (Å²) >= 11 is 0. The van der Waals surface area contributed by atoms with Gasteiger partial charge in [-0.3, -0.25) is 9.89 Å². The highest BCUT2D eigenvalue weighted by molar-refractivity contribution is 5.92. The number of hydrogen-bond acceptors (Lipinski definition) is 3. The summed E-state index contributed by atoms with van der Waals surface area (Å²) in [5, 5.41) is 9.27. The molecule has 5 heteroatoms. The molecule has 0 spiro atoms. The highest BCUT2D eigenvalue weighted by Gasteiger charge is 2.24. The molecule has 0 aliphatic heterocycles. The van der Waals surface area contributed by atoms with E-state index in [1.807, 2.05) is 0 Å². The first-order valence-corrected chi connectivity index (χ1v) is 5.31. The Bertz CT molecular complexity index is 314. The number of H-pyrrole nitrogens is 1. The van der Waals surface area contributed by atoms with E-state index in [2.05, 4.69) is 15.5 Å². The molecule has 1 saturated carbocycles. The minimum atomic E-state index is 0.0864. The van der Waals surface area contributed by atoms with Crippen LogP contribution in [0.25, 0.3) is 0 Å². The van der Waals surface area contributed by atoms with Gasteiger partial charge in [0.15, 0.2) is 0 Å². The van der Waals surface area contributed by atoms with E-state index in [4.69, 9.17) is 5.73 Å². The van der Waals surface area contributed by atoms with E-state index in [9.17, 15) is 4.79 Å². The highest BCUT2D eigenvalue weighted by Crippen LogP contribution is 2.24. The van der Waals surface area contributed by atoms with Crippen molar-refractivity contribution in [2.45, 2.75) is 31.7 Å². The predicted molar refractivity (Wildman–Crippen MR) is 57.2 cm³/mol.